The Morgan fingerprint density at radius 1 is 1.24 bits per heavy atom. The second-order valence-electron chi connectivity index (χ2n) is 6.55. The molecular formula is C20H21N3OS. The van der Waals surface area contributed by atoms with Crippen molar-refractivity contribution in [2.45, 2.75) is 26.5 Å². The normalized spacial score (nSPS) is 16.4. The Hall–Kier alpha value is -2.53. The van der Waals surface area contributed by atoms with Crippen molar-refractivity contribution in [3.63, 3.8) is 0 Å². The summed E-state index contributed by atoms with van der Waals surface area (Å²) in [5, 5.41) is 2.59. The van der Waals surface area contributed by atoms with E-state index in [0.717, 1.165) is 35.8 Å². The van der Waals surface area contributed by atoms with Gasteiger partial charge in [0.05, 0.1) is 17.9 Å². The summed E-state index contributed by atoms with van der Waals surface area (Å²) >= 11 is 1.46. The van der Waals surface area contributed by atoms with E-state index in [9.17, 15) is 0 Å². The van der Waals surface area contributed by atoms with Crippen molar-refractivity contribution in [2.75, 3.05) is 17.2 Å². The van der Waals surface area contributed by atoms with Gasteiger partial charge in [-0.2, -0.15) is 0 Å². The van der Waals surface area contributed by atoms with E-state index in [1.165, 1.54) is 22.5 Å². The predicted octanol–water partition coefficient (Wildman–Crippen LogP) is 4.49. The van der Waals surface area contributed by atoms with Crippen LogP contribution in [0.2, 0.25) is 0 Å². The summed E-state index contributed by atoms with van der Waals surface area (Å²) in [6, 6.07) is 15.0. The zero-order chi connectivity index (χ0) is 17.4. The molecule has 0 fully saturated rings. The highest BCUT2D eigenvalue weighted by Gasteiger charge is 2.24. The minimum atomic E-state index is 0.165. The van der Waals surface area contributed by atoms with Crippen LogP contribution in [-0.4, -0.2) is 17.6 Å². The monoisotopic (exact) mass is 351 g/mol. The highest BCUT2D eigenvalue weighted by Crippen LogP contribution is 2.38. The second kappa shape index (κ2) is 6.41. The molecule has 1 aliphatic heterocycles. The fourth-order valence-corrected chi connectivity index (χ4v) is 3.74. The van der Waals surface area contributed by atoms with E-state index < -0.39 is 0 Å². The Morgan fingerprint density at radius 2 is 2.04 bits per heavy atom. The molecule has 3 aromatic rings. The number of ether oxygens (including phenoxy) is 1. The van der Waals surface area contributed by atoms with Gasteiger partial charge in [0.25, 0.3) is 0 Å². The Bertz CT molecular complexity index is 888. The van der Waals surface area contributed by atoms with Crippen molar-refractivity contribution in [3.8, 4) is 17.0 Å². The smallest absolute Gasteiger partial charge is 0.180 e. The van der Waals surface area contributed by atoms with Gasteiger partial charge in [-0.05, 0) is 37.6 Å². The Balaban J connectivity index is 1.68. The molecule has 0 amide bonds. The van der Waals surface area contributed by atoms with Crippen LogP contribution in [0.15, 0.2) is 47.8 Å². The van der Waals surface area contributed by atoms with E-state index >= 15 is 0 Å². The molecule has 4 rings (SSSR count). The van der Waals surface area contributed by atoms with Crippen LogP contribution in [0.3, 0.4) is 0 Å². The van der Waals surface area contributed by atoms with Gasteiger partial charge in [0.2, 0.25) is 0 Å². The van der Waals surface area contributed by atoms with Gasteiger partial charge in [-0.15, -0.1) is 11.3 Å². The van der Waals surface area contributed by atoms with Gasteiger partial charge < -0.3 is 15.4 Å². The molecule has 128 valence electrons. The molecule has 5 heteroatoms. The second-order valence-corrected chi connectivity index (χ2v) is 7.44. The summed E-state index contributed by atoms with van der Waals surface area (Å²) in [6.07, 6.45) is 0.165. The van der Waals surface area contributed by atoms with Crippen LogP contribution in [0.5, 0.6) is 5.75 Å². The highest BCUT2D eigenvalue weighted by atomic mass is 32.1. The lowest BCUT2D eigenvalue weighted by Crippen LogP contribution is -2.37. The molecule has 4 nitrogen and oxygen atoms in total. The number of nitrogens with zero attached hydrogens (tertiary/aromatic N) is 2. The average Bonchev–Trinajstić information content (AvgIpc) is 3.03. The van der Waals surface area contributed by atoms with Crippen LogP contribution in [0.25, 0.3) is 11.3 Å². The van der Waals surface area contributed by atoms with Gasteiger partial charge >= 0.3 is 0 Å². The largest absolute Gasteiger partial charge is 0.487 e. The lowest BCUT2D eigenvalue weighted by Gasteiger charge is -2.35. The minimum absolute atomic E-state index is 0.165. The topological polar surface area (TPSA) is 51.4 Å². The number of rotatable bonds is 3. The molecule has 2 heterocycles. The number of thiazole rings is 1. The van der Waals surface area contributed by atoms with Crippen LogP contribution in [0, 0.1) is 6.92 Å². The number of aromatic nitrogens is 1. The number of nitrogens with two attached hydrogens (primary N) is 1. The molecule has 0 radical (unpaired) electrons. The number of nitrogen functional groups attached to an aromatic ring is 1. The summed E-state index contributed by atoms with van der Waals surface area (Å²) < 4.78 is 6.03. The zero-order valence-corrected chi connectivity index (χ0v) is 15.2. The Labute approximate surface area is 151 Å². The van der Waals surface area contributed by atoms with E-state index in [-0.39, 0.29) is 6.10 Å². The van der Waals surface area contributed by atoms with Crippen molar-refractivity contribution in [2.24, 2.45) is 0 Å². The molecule has 1 aromatic heterocycles. The molecule has 0 bridgehead atoms. The number of anilines is 2. The van der Waals surface area contributed by atoms with Crippen molar-refractivity contribution >= 4 is 22.2 Å². The van der Waals surface area contributed by atoms with Gasteiger partial charge in [0.1, 0.15) is 11.9 Å². The molecule has 0 aliphatic carbocycles. The zero-order valence-electron chi connectivity index (χ0n) is 14.4. The van der Waals surface area contributed by atoms with E-state index in [4.69, 9.17) is 10.5 Å². The van der Waals surface area contributed by atoms with Crippen molar-refractivity contribution in [1.29, 1.82) is 0 Å². The molecule has 0 spiro atoms. The molecule has 1 aliphatic rings. The van der Waals surface area contributed by atoms with Crippen LogP contribution in [0.1, 0.15) is 18.1 Å². The van der Waals surface area contributed by atoms with Gasteiger partial charge in [-0.1, -0.05) is 29.8 Å². The number of aryl methyl sites for hydroxylation is 1. The molecule has 25 heavy (non-hydrogen) atoms. The van der Waals surface area contributed by atoms with E-state index in [1.807, 2.05) is 11.4 Å². The molecule has 2 N–H and O–H groups in total. The van der Waals surface area contributed by atoms with Gasteiger partial charge in [0, 0.05) is 17.5 Å². The third kappa shape index (κ3) is 3.33. The molecular weight excluding hydrogens is 330 g/mol. The van der Waals surface area contributed by atoms with Crippen LogP contribution in [-0.2, 0) is 6.54 Å². The molecule has 0 saturated heterocycles. The number of benzene rings is 2. The fourth-order valence-electron chi connectivity index (χ4n) is 3.17. The summed E-state index contributed by atoms with van der Waals surface area (Å²) in [7, 11) is 0. The minimum Gasteiger partial charge on any atom is -0.487 e. The first-order chi connectivity index (χ1) is 12.1. The first-order valence-electron chi connectivity index (χ1n) is 8.41. The maximum Gasteiger partial charge on any atom is 0.180 e. The number of fused-ring (bicyclic) bond motifs is 1. The van der Waals surface area contributed by atoms with Gasteiger partial charge in [0.15, 0.2) is 5.13 Å². The van der Waals surface area contributed by atoms with Crippen molar-refractivity contribution in [1.82, 2.24) is 4.98 Å². The summed E-state index contributed by atoms with van der Waals surface area (Å²) in [5.74, 6) is 0.929. The quantitative estimate of drug-likeness (QED) is 0.755. The SMILES string of the molecule is Cc1ccc(CN2CC(C)Oc3ccc(-c4csc(N)n4)cc32)cc1. The Kier molecular flexibility index (Phi) is 4.09. The average molecular weight is 351 g/mol. The number of hydrogen-bond donors (Lipinski definition) is 1. The van der Waals surface area contributed by atoms with Crippen molar-refractivity contribution < 1.29 is 4.74 Å². The number of hydrogen-bond acceptors (Lipinski definition) is 5. The van der Waals surface area contributed by atoms with Crippen molar-refractivity contribution in [3.05, 3.63) is 59.0 Å². The maximum atomic E-state index is 6.03. The lowest BCUT2D eigenvalue weighted by atomic mass is 10.1. The van der Waals surface area contributed by atoms with Gasteiger partial charge in [-0.3, -0.25) is 0 Å². The third-order valence-electron chi connectivity index (χ3n) is 4.42. The standard InChI is InChI=1S/C20H21N3OS/c1-13-3-5-15(6-4-13)11-23-10-14(2)24-19-8-7-16(9-18(19)23)17-12-25-20(21)22-17/h3-9,12,14H,10-11H2,1-2H3,(H2,21,22). The van der Waals surface area contributed by atoms with E-state index in [2.05, 4.69) is 60.1 Å². The first-order valence-corrected chi connectivity index (χ1v) is 9.29. The third-order valence-corrected chi connectivity index (χ3v) is 5.09. The molecule has 1 unspecified atom stereocenters. The summed E-state index contributed by atoms with van der Waals surface area (Å²) in [6.45, 7) is 5.95. The summed E-state index contributed by atoms with van der Waals surface area (Å²) in [4.78, 5) is 6.78. The summed E-state index contributed by atoms with van der Waals surface area (Å²) in [5.41, 5.74) is 11.5. The molecule has 0 saturated carbocycles. The predicted molar refractivity (Wildman–Crippen MR) is 104 cm³/mol. The van der Waals surface area contributed by atoms with Crippen LogP contribution < -0.4 is 15.4 Å². The van der Waals surface area contributed by atoms with Crippen LogP contribution >= 0.6 is 11.3 Å². The fraction of sp³-hybridized carbons (Fsp3) is 0.250. The lowest BCUT2D eigenvalue weighted by molar-refractivity contribution is 0.212. The van der Waals surface area contributed by atoms with E-state index in [1.54, 1.807) is 0 Å². The van der Waals surface area contributed by atoms with Crippen LogP contribution in [0.4, 0.5) is 10.8 Å². The van der Waals surface area contributed by atoms with E-state index in [0.29, 0.717) is 5.13 Å². The van der Waals surface area contributed by atoms with Gasteiger partial charge in [-0.25, -0.2) is 4.98 Å². The molecule has 2 aromatic carbocycles. The molecule has 1 atom stereocenters. The Morgan fingerprint density at radius 3 is 2.76 bits per heavy atom. The first kappa shape index (κ1) is 16.0. The highest BCUT2D eigenvalue weighted by molar-refractivity contribution is 7.13. The maximum absolute atomic E-state index is 6.03.